The van der Waals surface area contributed by atoms with Crippen molar-refractivity contribution in [1.82, 2.24) is 15.4 Å². The number of fused-ring (bicyclic) bond motifs is 1. The predicted octanol–water partition coefficient (Wildman–Crippen LogP) is 2.56. The van der Waals surface area contributed by atoms with Crippen molar-refractivity contribution in [2.24, 2.45) is 0 Å². The van der Waals surface area contributed by atoms with Crippen LogP contribution in [0.3, 0.4) is 0 Å². The predicted molar refractivity (Wildman–Crippen MR) is 97.7 cm³/mol. The average Bonchev–Trinajstić information content (AvgIpc) is 3.18. The van der Waals surface area contributed by atoms with Crippen LogP contribution in [0.5, 0.6) is 5.75 Å². The molecule has 0 radical (unpaired) electrons. The van der Waals surface area contributed by atoms with Gasteiger partial charge in [-0.05, 0) is 44.7 Å². The number of rotatable bonds is 2. The van der Waals surface area contributed by atoms with Crippen molar-refractivity contribution in [2.75, 3.05) is 13.6 Å². The van der Waals surface area contributed by atoms with Gasteiger partial charge in [-0.1, -0.05) is 16.8 Å². The Morgan fingerprint density at radius 1 is 1.30 bits per heavy atom. The molecule has 1 spiro atoms. The van der Waals surface area contributed by atoms with E-state index in [9.17, 15) is 9.59 Å². The summed E-state index contributed by atoms with van der Waals surface area (Å²) in [5.41, 5.74) is 1.19. The molecular weight excluding hydrogens is 346 g/mol. The standard InChI is InChI=1S/C20H23N3O4/c1-13-3-4-16-15(11-13)18(24)21-12-20(26-16)8-5-14(6-9-20)23(2)19(25)17-7-10-22-27-17/h3-4,7,10-11,14H,5-6,8-9,12H2,1-2H3,(H,21,24). The molecule has 1 aromatic heterocycles. The minimum Gasteiger partial charge on any atom is -0.485 e. The largest absolute Gasteiger partial charge is 0.485 e. The van der Waals surface area contributed by atoms with E-state index in [1.807, 2.05) is 25.1 Å². The lowest BCUT2D eigenvalue weighted by molar-refractivity contribution is 0.00955. The molecule has 2 aliphatic rings. The van der Waals surface area contributed by atoms with Gasteiger partial charge in [0.2, 0.25) is 5.76 Å². The Bertz CT molecular complexity index is 854. The van der Waals surface area contributed by atoms with Gasteiger partial charge >= 0.3 is 0 Å². The van der Waals surface area contributed by atoms with Gasteiger partial charge < -0.3 is 19.5 Å². The maximum Gasteiger partial charge on any atom is 0.292 e. The van der Waals surface area contributed by atoms with Gasteiger partial charge in [-0.2, -0.15) is 0 Å². The zero-order valence-corrected chi connectivity index (χ0v) is 15.5. The Labute approximate surface area is 157 Å². The lowest BCUT2D eigenvalue weighted by Gasteiger charge is -2.41. The van der Waals surface area contributed by atoms with E-state index in [2.05, 4.69) is 10.5 Å². The average molecular weight is 369 g/mol. The molecule has 2 aromatic rings. The fourth-order valence-electron chi connectivity index (χ4n) is 3.98. The van der Waals surface area contributed by atoms with Gasteiger partial charge in [0.05, 0.1) is 18.3 Å². The van der Waals surface area contributed by atoms with Crippen molar-refractivity contribution in [1.29, 1.82) is 0 Å². The molecule has 1 fully saturated rings. The highest BCUT2D eigenvalue weighted by molar-refractivity contribution is 5.97. The Morgan fingerprint density at radius 2 is 2.07 bits per heavy atom. The van der Waals surface area contributed by atoms with Gasteiger partial charge in [-0.25, -0.2) is 0 Å². The molecule has 142 valence electrons. The summed E-state index contributed by atoms with van der Waals surface area (Å²) in [6.07, 6.45) is 4.59. The third kappa shape index (κ3) is 3.29. The third-order valence-electron chi connectivity index (χ3n) is 5.66. The number of aromatic nitrogens is 1. The zero-order chi connectivity index (χ0) is 19.0. The molecule has 7 heteroatoms. The van der Waals surface area contributed by atoms with Crippen molar-refractivity contribution in [3.8, 4) is 5.75 Å². The van der Waals surface area contributed by atoms with Crippen LogP contribution in [-0.4, -0.2) is 47.1 Å². The normalized spacial score (nSPS) is 24.5. The van der Waals surface area contributed by atoms with Gasteiger partial charge in [-0.15, -0.1) is 0 Å². The highest BCUT2D eigenvalue weighted by Crippen LogP contribution is 2.37. The molecule has 1 saturated carbocycles. The Kier molecular flexibility index (Phi) is 4.37. The SMILES string of the molecule is Cc1ccc2c(c1)C(=O)NCC1(CCC(N(C)C(=O)c3ccno3)CC1)O2. The first-order valence-corrected chi connectivity index (χ1v) is 9.23. The highest BCUT2D eigenvalue weighted by atomic mass is 16.5. The minimum absolute atomic E-state index is 0.0923. The number of nitrogens with zero attached hydrogens (tertiary/aromatic N) is 2. The van der Waals surface area contributed by atoms with Crippen LogP contribution in [-0.2, 0) is 0 Å². The summed E-state index contributed by atoms with van der Waals surface area (Å²) in [4.78, 5) is 26.6. The summed E-state index contributed by atoms with van der Waals surface area (Å²) in [5, 5.41) is 6.61. The van der Waals surface area contributed by atoms with Crippen molar-refractivity contribution < 1.29 is 18.8 Å². The number of carbonyl (C=O) groups excluding carboxylic acids is 2. The third-order valence-corrected chi connectivity index (χ3v) is 5.66. The summed E-state index contributed by atoms with van der Waals surface area (Å²) >= 11 is 0. The molecule has 0 saturated heterocycles. The van der Waals surface area contributed by atoms with Crippen LogP contribution in [0.15, 0.2) is 35.0 Å². The molecule has 0 atom stereocenters. The van der Waals surface area contributed by atoms with Gasteiger partial charge in [0.1, 0.15) is 11.4 Å². The lowest BCUT2D eigenvalue weighted by atomic mass is 9.81. The van der Waals surface area contributed by atoms with E-state index >= 15 is 0 Å². The quantitative estimate of drug-likeness (QED) is 0.879. The first-order chi connectivity index (χ1) is 13.0. The number of amides is 2. The van der Waals surface area contributed by atoms with E-state index in [4.69, 9.17) is 9.26 Å². The number of carbonyl (C=O) groups is 2. The van der Waals surface area contributed by atoms with Crippen LogP contribution < -0.4 is 10.1 Å². The van der Waals surface area contributed by atoms with Crippen molar-refractivity contribution in [2.45, 2.75) is 44.2 Å². The van der Waals surface area contributed by atoms with E-state index in [1.54, 1.807) is 18.0 Å². The molecular formula is C20H23N3O4. The Balaban J connectivity index is 1.47. The molecule has 2 heterocycles. The van der Waals surface area contributed by atoms with Gasteiger partial charge in [0.25, 0.3) is 11.8 Å². The topological polar surface area (TPSA) is 84.7 Å². The van der Waals surface area contributed by atoms with E-state index in [-0.39, 0.29) is 23.6 Å². The molecule has 1 aromatic carbocycles. The summed E-state index contributed by atoms with van der Waals surface area (Å²) in [7, 11) is 1.79. The van der Waals surface area contributed by atoms with Crippen LogP contribution in [0.25, 0.3) is 0 Å². The smallest absolute Gasteiger partial charge is 0.292 e. The van der Waals surface area contributed by atoms with E-state index in [0.29, 0.717) is 17.9 Å². The fourth-order valence-corrected chi connectivity index (χ4v) is 3.98. The summed E-state index contributed by atoms with van der Waals surface area (Å²) in [6, 6.07) is 7.38. The lowest BCUT2D eigenvalue weighted by Crippen LogP contribution is -2.51. The van der Waals surface area contributed by atoms with Crippen molar-refractivity contribution >= 4 is 11.8 Å². The first-order valence-electron chi connectivity index (χ1n) is 9.23. The molecule has 4 rings (SSSR count). The van der Waals surface area contributed by atoms with Gasteiger partial charge in [0.15, 0.2) is 0 Å². The number of aryl methyl sites for hydroxylation is 1. The number of hydrogen-bond acceptors (Lipinski definition) is 5. The van der Waals surface area contributed by atoms with E-state index in [0.717, 1.165) is 31.2 Å². The minimum atomic E-state index is -0.428. The van der Waals surface area contributed by atoms with E-state index in [1.165, 1.54) is 6.20 Å². The van der Waals surface area contributed by atoms with Crippen LogP contribution >= 0.6 is 0 Å². The molecule has 1 aliphatic carbocycles. The molecule has 0 bridgehead atoms. The maximum absolute atomic E-state index is 12.5. The van der Waals surface area contributed by atoms with Crippen molar-refractivity contribution in [3.05, 3.63) is 47.3 Å². The van der Waals surface area contributed by atoms with Crippen LogP contribution in [0.4, 0.5) is 0 Å². The second-order valence-corrected chi connectivity index (χ2v) is 7.49. The molecule has 1 aliphatic heterocycles. The van der Waals surface area contributed by atoms with Crippen LogP contribution in [0.1, 0.15) is 52.2 Å². The molecule has 7 nitrogen and oxygen atoms in total. The number of nitrogens with one attached hydrogen (secondary N) is 1. The van der Waals surface area contributed by atoms with Gasteiger partial charge in [-0.3, -0.25) is 9.59 Å². The Hall–Kier alpha value is -2.83. The van der Waals surface area contributed by atoms with Crippen LogP contribution in [0, 0.1) is 6.92 Å². The molecule has 0 unspecified atom stereocenters. The summed E-state index contributed by atoms with van der Waals surface area (Å²) < 4.78 is 11.3. The fraction of sp³-hybridized carbons (Fsp3) is 0.450. The molecule has 1 N–H and O–H groups in total. The maximum atomic E-state index is 12.5. The van der Waals surface area contributed by atoms with Crippen molar-refractivity contribution in [3.63, 3.8) is 0 Å². The number of benzene rings is 1. The van der Waals surface area contributed by atoms with E-state index < -0.39 is 5.60 Å². The first kappa shape index (κ1) is 17.6. The van der Waals surface area contributed by atoms with Gasteiger partial charge in [0, 0.05) is 19.2 Å². The zero-order valence-electron chi connectivity index (χ0n) is 15.5. The monoisotopic (exact) mass is 369 g/mol. The molecule has 27 heavy (non-hydrogen) atoms. The second kappa shape index (κ2) is 6.72. The van der Waals surface area contributed by atoms with Crippen LogP contribution in [0.2, 0.25) is 0 Å². The number of ether oxygens (including phenoxy) is 1. The Morgan fingerprint density at radius 3 is 2.78 bits per heavy atom. The summed E-state index contributed by atoms with van der Waals surface area (Å²) in [5.74, 6) is 0.634. The number of hydrogen-bond donors (Lipinski definition) is 1. The highest BCUT2D eigenvalue weighted by Gasteiger charge is 2.42. The second-order valence-electron chi connectivity index (χ2n) is 7.49. The summed E-state index contributed by atoms with van der Waals surface area (Å²) in [6.45, 7) is 2.44. The molecule has 2 amide bonds.